The van der Waals surface area contributed by atoms with Crippen molar-refractivity contribution < 1.29 is 0 Å². The lowest BCUT2D eigenvalue weighted by Crippen LogP contribution is -1.86. The first kappa shape index (κ1) is 9.02. The molecule has 72 valence electrons. The van der Waals surface area contributed by atoms with Crippen LogP contribution in [-0.4, -0.2) is 15.0 Å². The Bertz CT molecular complexity index is 464. The van der Waals surface area contributed by atoms with Crippen LogP contribution in [0.1, 0.15) is 0 Å². The first-order valence-electron chi connectivity index (χ1n) is 4.08. The molecule has 2 N–H and O–H groups in total. The molecule has 0 aliphatic carbocycles. The summed E-state index contributed by atoms with van der Waals surface area (Å²) in [6, 6.07) is 5.32. The third-order valence-corrected chi connectivity index (χ3v) is 2.18. The van der Waals surface area contributed by atoms with Crippen molar-refractivity contribution >= 4 is 17.3 Å². The fraction of sp³-hybridized carbons (Fsp3) is 0.111. The van der Waals surface area contributed by atoms with Crippen molar-refractivity contribution in [3.8, 4) is 11.3 Å². The molecule has 0 unspecified atom stereocenters. The highest BCUT2D eigenvalue weighted by molar-refractivity contribution is 6.33. The Labute approximate surface area is 86.3 Å². The van der Waals surface area contributed by atoms with Gasteiger partial charge in [-0.3, -0.25) is 4.68 Å². The van der Waals surface area contributed by atoms with Gasteiger partial charge < -0.3 is 5.73 Å². The second-order valence-electron chi connectivity index (χ2n) is 3.02. The van der Waals surface area contributed by atoms with E-state index in [1.807, 2.05) is 13.1 Å². The van der Waals surface area contributed by atoms with Crippen LogP contribution in [0.2, 0.25) is 5.02 Å². The van der Waals surface area contributed by atoms with E-state index in [2.05, 4.69) is 10.3 Å². The Morgan fingerprint density at radius 3 is 2.79 bits per heavy atom. The summed E-state index contributed by atoms with van der Waals surface area (Å²) in [6.45, 7) is 0. The van der Waals surface area contributed by atoms with E-state index in [-0.39, 0.29) is 0 Å². The van der Waals surface area contributed by atoms with Crippen LogP contribution in [0.3, 0.4) is 0 Å². The monoisotopic (exact) mass is 208 g/mol. The number of nitrogens with zero attached hydrogens (tertiary/aromatic N) is 3. The van der Waals surface area contributed by atoms with Gasteiger partial charge in [0.2, 0.25) is 0 Å². The van der Waals surface area contributed by atoms with Gasteiger partial charge in [-0.25, -0.2) is 0 Å². The van der Waals surface area contributed by atoms with E-state index in [0.717, 1.165) is 11.3 Å². The minimum atomic E-state index is 0.588. The molecule has 0 bridgehead atoms. The SMILES string of the molecule is Cn1cc(-c2ccc(N)cc2Cl)nn1. The van der Waals surface area contributed by atoms with E-state index < -0.39 is 0 Å². The molecule has 0 radical (unpaired) electrons. The zero-order valence-electron chi connectivity index (χ0n) is 7.61. The Morgan fingerprint density at radius 2 is 2.21 bits per heavy atom. The van der Waals surface area contributed by atoms with Gasteiger partial charge in [-0.15, -0.1) is 5.10 Å². The Balaban J connectivity index is 2.52. The number of nitrogen functional groups attached to an aromatic ring is 1. The molecule has 0 aliphatic heterocycles. The summed E-state index contributed by atoms with van der Waals surface area (Å²) in [5.74, 6) is 0. The van der Waals surface area contributed by atoms with Crippen molar-refractivity contribution in [3.63, 3.8) is 0 Å². The summed E-state index contributed by atoms with van der Waals surface area (Å²) in [4.78, 5) is 0. The summed E-state index contributed by atoms with van der Waals surface area (Å²) in [5, 5.41) is 8.39. The van der Waals surface area contributed by atoms with Crippen LogP contribution in [0.15, 0.2) is 24.4 Å². The van der Waals surface area contributed by atoms with Gasteiger partial charge in [-0.2, -0.15) is 0 Å². The molecule has 0 saturated heterocycles. The van der Waals surface area contributed by atoms with Crippen molar-refractivity contribution in [2.45, 2.75) is 0 Å². The second-order valence-corrected chi connectivity index (χ2v) is 3.42. The Hall–Kier alpha value is -1.55. The number of rotatable bonds is 1. The molecule has 4 nitrogen and oxygen atoms in total. The van der Waals surface area contributed by atoms with E-state index in [1.165, 1.54) is 0 Å². The van der Waals surface area contributed by atoms with E-state index >= 15 is 0 Å². The van der Waals surface area contributed by atoms with E-state index in [1.54, 1.807) is 23.0 Å². The highest BCUT2D eigenvalue weighted by Crippen LogP contribution is 2.27. The molecule has 2 rings (SSSR count). The minimum absolute atomic E-state index is 0.588. The number of aromatic nitrogens is 3. The molecule has 0 amide bonds. The van der Waals surface area contributed by atoms with Crippen molar-refractivity contribution in [2.75, 3.05) is 5.73 Å². The van der Waals surface area contributed by atoms with Gasteiger partial charge in [0.15, 0.2) is 0 Å². The van der Waals surface area contributed by atoms with Gasteiger partial charge in [0.25, 0.3) is 0 Å². The normalized spacial score (nSPS) is 10.4. The van der Waals surface area contributed by atoms with Crippen LogP contribution in [0.25, 0.3) is 11.3 Å². The van der Waals surface area contributed by atoms with Crippen LogP contribution in [-0.2, 0) is 7.05 Å². The summed E-state index contributed by atoms with van der Waals surface area (Å²) in [5.41, 5.74) is 7.82. The molecule has 0 atom stereocenters. The molecule has 1 aromatic heterocycles. The maximum atomic E-state index is 6.02. The molecule has 5 heteroatoms. The van der Waals surface area contributed by atoms with Gasteiger partial charge in [0, 0.05) is 18.3 Å². The summed E-state index contributed by atoms with van der Waals surface area (Å²) in [6.07, 6.45) is 1.80. The third kappa shape index (κ3) is 1.56. The fourth-order valence-electron chi connectivity index (χ4n) is 1.21. The molecule has 1 aromatic carbocycles. The average Bonchev–Trinajstić information content (AvgIpc) is 2.51. The van der Waals surface area contributed by atoms with Gasteiger partial charge in [-0.1, -0.05) is 16.8 Å². The van der Waals surface area contributed by atoms with Gasteiger partial charge >= 0.3 is 0 Å². The third-order valence-electron chi connectivity index (χ3n) is 1.87. The number of aryl methyl sites for hydroxylation is 1. The van der Waals surface area contributed by atoms with Gasteiger partial charge in [-0.05, 0) is 18.2 Å². The summed E-state index contributed by atoms with van der Waals surface area (Å²) < 4.78 is 1.63. The first-order chi connectivity index (χ1) is 6.66. The minimum Gasteiger partial charge on any atom is -0.399 e. The number of nitrogens with two attached hydrogens (primary N) is 1. The maximum Gasteiger partial charge on any atom is 0.114 e. The molecule has 2 aromatic rings. The van der Waals surface area contributed by atoms with Crippen molar-refractivity contribution in [3.05, 3.63) is 29.4 Å². The average molecular weight is 209 g/mol. The zero-order valence-corrected chi connectivity index (χ0v) is 8.36. The quantitative estimate of drug-likeness (QED) is 0.726. The number of hydrogen-bond donors (Lipinski definition) is 1. The highest BCUT2D eigenvalue weighted by atomic mass is 35.5. The topological polar surface area (TPSA) is 56.7 Å². The summed E-state index contributed by atoms with van der Waals surface area (Å²) >= 11 is 6.02. The number of halogens is 1. The van der Waals surface area contributed by atoms with Gasteiger partial charge in [0.1, 0.15) is 5.69 Å². The largest absolute Gasteiger partial charge is 0.399 e. The van der Waals surface area contributed by atoms with E-state index in [0.29, 0.717) is 10.7 Å². The lowest BCUT2D eigenvalue weighted by molar-refractivity contribution is 0.715. The van der Waals surface area contributed by atoms with E-state index in [4.69, 9.17) is 17.3 Å². The Morgan fingerprint density at radius 1 is 1.43 bits per heavy atom. The van der Waals surface area contributed by atoms with Crippen molar-refractivity contribution in [1.82, 2.24) is 15.0 Å². The predicted molar refractivity (Wildman–Crippen MR) is 55.9 cm³/mol. The molecular formula is C9H9ClN4. The molecule has 1 heterocycles. The fourth-order valence-corrected chi connectivity index (χ4v) is 1.50. The van der Waals surface area contributed by atoms with Gasteiger partial charge in [0.05, 0.1) is 11.2 Å². The summed E-state index contributed by atoms with van der Waals surface area (Å²) in [7, 11) is 1.81. The number of hydrogen-bond acceptors (Lipinski definition) is 3. The van der Waals surface area contributed by atoms with Crippen LogP contribution in [0, 0.1) is 0 Å². The molecular weight excluding hydrogens is 200 g/mol. The number of benzene rings is 1. The van der Waals surface area contributed by atoms with Crippen LogP contribution in [0.5, 0.6) is 0 Å². The highest BCUT2D eigenvalue weighted by Gasteiger charge is 2.06. The predicted octanol–water partition coefficient (Wildman–Crippen LogP) is 1.72. The molecule has 0 saturated carbocycles. The standard InChI is InChI=1S/C9H9ClN4/c1-14-5-9(12-13-14)7-3-2-6(11)4-8(7)10/h2-5H,11H2,1H3. The van der Waals surface area contributed by atoms with Crippen LogP contribution in [0.4, 0.5) is 5.69 Å². The van der Waals surface area contributed by atoms with Crippen molar-refractivity contribution in [2.24, 2.45) is 7.05 Å². The van der Waals surface area contributed by atoms with Crippen molar-refractivity contribution in [1.29, 1.82) is 0 Å². The molecule has 0 spiro atoms. The lowest BCUT2D eigenvalue weighted by Gasteiger charge is -2.00. The smallest absolute Gasteiger partial charge is 0.114 e. The Kier molecular flexibility index (Phi) is 2.13. The second kappa shape index (κ2) is 3.31. The molecule has 0 fully saturated rings. The molecule has 14 heavy (non-hydrogen) atoms. The van der Waals surface area contributed by atoms with Crippen LogP contribution >= 0.6 is 11.6 Å². The lowest BCUT2D eigenvalue weighted by atomic mass is 10.1. The first-order valence-corrected chi connectivity index (χ1v) is 4.46. The molecule has 0 aliphatic rings. The maximum absolute atomic E-state index is 6.02. The number of anilines is 1. The van der Waals surface area contributed by atoms with Crippen LogP contribution < -0.4 is 5.73 Å². The zero-order chi connectivity index (χ0) is 10.1. The van der Waals surface area contributed by atoms with E-state index in [9.17, 15) is 0 Å².